The number of unbranched alkanes of at least 4 members (excludes halogenated alkanes) is 1. The Bertz CT molecular complexity index is 1340. The number of aliphatic hydroxyl groups is 2. The number of carboxylic acid groups (broad SMARTS) is 2. The summed E-state index contributed by atoms with van der Waals surface area (Å²) in [6, 6.07) is 4.77. The van der Waals surface area contributed by atoms with Gasteiger partial charge in [-0.3, -0.25) is 9.59 Å². The van der Waals surface area contributed by atoms with Crippen LogP contribution in [0.25, 0.3) is 17.3 Å². The molecule has 0 saturated carbocycles. The van der Waals surface area contributed by atoms with Crippen molar-refractivity contribution >= 4 is 34.0 Å². The maximum Gasteiger partial charge on any atom is 0.320 e. The molecule has 15 heteroatoms. The van der Waals surface area contributed by atoms with E-state index in [0.717, 1.165) is 23.4 Å². The fourth-order valence-electron chi connectivity index (χ4n) is 3.68. The van der Waals surface area contributed by atoms with Crippen molar-refractivity contribution in [3.05, 3.63) is 47.4 Å². The maximum atomic E-state index is 13.5. The summed E-state index contributed by atoms with van der Waals surface area (Å²) in [5.74, 6) is -2.80. The molecule has 0 aliphatic carbocycles. The van der Waals surface area contributed by atoms with E-state index in [2.05, 4.69) is 9.97 Å². The quantitative estimate of drug-likeness (QED) is 0.156. The van der Waals surface area contributed by atoms with Crippen molar-refractivity contribution in [2.75, 3.05) is 24.2 Å². The number of halogens is 1. The Morgan fingerprint density at radius 1 is 1.09 bits per heavy atom. The number of carbonyl (C=O) groups is 2. The third-order valence-electron chi connectivity index (χ3n) is 6.10. The summed E-state index contributed by atoms with van der Waals surface area (Å²) in [6.45, 7) is 4.31. The first kappa shape index (κ1) is 37.5. The Morgan fingerprint density at radius 3 is 2.19 bits per heavy atom. The van der Waals surface area contributed by atoms with E-state index in [-0.39, 0.29) is 18.3 Å². The number of nitrogens with two attached hydrogens (primary N) is 2. The zero-order valence-corrected chi connectivity index (χ0v) is 25.5. The number of nitrogens with zero attached hydrogens (tertiary/aromatic N) is 3. The van der Waals surface area contributed by atoms with Crippen molar-refractivity contribution in [1.82, 2.24) is 9.97 Å². The van der Waals surface area contributed by atoms with Crippen LogP contribution in [0.5, 0.6) is 0 Å². The van der Waals surface area contributed by atoms with Gasteiger partial charge in [0, 0.05) is 24.6 Å². The SMILES string of the molecule is CC(C)c1nc(N(C)S(C)(=O)=O)nc(-c2ccc(F)cc2)c1/C=C/[C@@H](O)C[C@@H](O)CC(=O)O.NCCCC[C@H](N)C(=O)O. The van der Waals surface area contributed by atoms with Gasteiger partial charge in [-0.2, -0.15) is 0 Å². The second-order valence-electron chi connectivity index (χ2n) is 10.2. The van der Waals surface area contributed by atoms with Crippen LogP contribution in [0.3, 0.4) is 0 Å². The summed E-state index contributed by atoms with van der Waals surface area (Å²) in [5, 5.41) is 37.1. The third-order valence-corrected chi connectivity index (χ3v) is 7.26. The number of sulfonamides is 1. The lowest BCUT2D eigenvalue weighted by Gasteiger charge is -2.20. The second-order valence-corrected chi connectivity index (χ2v) is 12.2. The molecule has 13 nitrogen and oxygen atoms in total. The molecule has 0 aliphatic heterocycles. The number of rotatable bonds is 15. The summed E-state index contributed by atoms with van der Waals surface area (Å²) in [4.78, 5) is 29.7. The molecule has 1 aromatic carbocycles. The van der Waals surface area contributed by atoms with E-state index in [4.69, 9.17) is 21.7 Å². The largest absolute Gasteiger partial charge is 0.481 e. The number of hydrogen-bond donors (Lipinski definition) is 6. The number of anilines is 1. The Balaban J connectivity index is 0.000000790. The van der Waals surface area contributed by atoms with Crippen LogP contribution >= 0.6 is 0 Å². The predicted molar refractivity (Wildman–Crippen MR) is 161 cm³/mol. The molecule has 0 radical (unpaired) electrons. The average Bonchev–Trinajstić information content (AvgIpc) is 2.90. The first-order valence-electron chi connectivity index (χ1n) is 13.5. The highest BCUT2D eigenvalue weighted by molar-refractivity contribution is 7.92. The molecule has 1 heterocycles. The minimum absolute atomic E-state index is 0.0601. The van der Waals surface area contributed by atoms with Gasteiger partial charge in [0.1, 0.15) is 11.9 Å². The maximum absolute atomic E-state index is 13.5. The van der Waals surface area contributed by atoms with Crippen molar-refractivity contribution < 1.29 is 42.8 Å². The highest BCUT2D eigenvalue weighted by Gasteiger charge is 2.22. The molecule has 240 valence electrons. The van der Waals surface area contributed by atoms with Crippen molar-refractivity contribution in [2.45, 2.75) is 70.1 Å². The number of aromatic nitrogens is 2. The molecule has 0 saturated heterocycles. The second kappa shape index (κ2) is 17.6. The molecular formula is C28H42FN5O8S. The van der Waals surface area contributed by atoms with Crippen molar-refractivity contribution in [3.8, 4) is 11.3 Å². The summed E-state index contributed by atoms with van der Waals surface area (Å²) in [6.07, 6.45) is 3.02. The molecule has 2 aromatic rings. The van der Waals surface area contributed by atoms with Gasteiger partial charge in [-0.05, 0) is 49.6 Å². The minimum Gasteiger partial charge on any atom is -0.481 e. The van der Waals surface area contributed by atoms with Crippen LogP contribution in [0.4, 0.5) is 10.3 Å². The van der Waals surface area contributed by atoms with Gasteiger partial charge in [0.2, 0.25) is 16.0 Å². The van der Waals surface area contributed by atoms with Gasteiger partial charge in [-0.25, -0.2) is 27.1 Å². The van der Waals surface area contributed by atoms with Crippen molar-refractivity contribution in [1.29, 1.82) is 0 Å². The fraction of sp³-hybridized carbons (Fsp3) is 0.500. The van der Waals surface area contributed by atoms with Gasteiger partial charge in [0.15, 0.2) is 0 Å². The van der Waals surface area contributed by atoms with Crippen LogP contribution in [-0.4, -0.2) is 88.8 Å². The molecule has 8 N–H and O–H groups in total. The van der Waals surface area contributed by atoms with E-state index in [1.54, 1.807) is 0 Å². The Kier molecular flexibility index (Phi) is 15.3. The van der Waals surface area contributed by atoms with Gasteiger partial charge < -0.3 is 31.9 Å². The lowest BCUT2D eigenvalue weighted by Crippen LogP contribution is -2.29. The van der Waals surface area contributed by atoms with Crippen LogP contribution < -0.4 is 15.8 Å². The van der Waals surface area contributed by atoms with E-state index in [0.29, 0.717) is 35.5 Å². The monoisotopic (exact) mass is 627 g/mol. The van der Waals surface area contributed by atoms with Crippen LogP contribution in [0.15, 0.2) is 30.3 Å². The number of hydrogen-bond acceptors (Lipinski definition) is 10. The molecule has 0 aliphatic rings. The predicted octanol–water partition coefficient (Wildman–Crippen LogP) is 1.93. The Labute approximate surface area is 251 Å². The van der Waals surface area contributed by atoms with E-state index >= 15 is 0 Å². The molecule has 0 unspecified atom stereocenters. The highest BCUT2D eigenvalue weighted by Crippen LogP contribution is 2.31. The summed E-state index contributed by atoms with van der Waals surface area (Å²) < 4.78 is 38.6. The smallest absolute Gasteiger partial charge is 0.320 e. The van der Waals surface area contributed by atoms with E-state index in [9.17, 15) is 32.6 Å². The molecule has 0 amide bonds. The molecule has 3 atom stereocenters. The van der Waals surface area contributed by atoms with Gasteiger partial charge >= 0.3 is 11.9 Å². The number of aliphatic carboxylic acids is 2. The van der Waals surface area contributed by atoms with Gasteiger partial charge in [-0.15, -0.1) is 0 Å². The zero-order chi connectivity index (χ0) is 32.9. The van der Waals surface area contributed by atoms with E-state index in [1.165, 1.54) is 43.5 Å². The summed E-state index contributed by atoms with van der Waals surface area (Å²) >= 11 is 0. The van der Waals surface area contributed by atoms with Crippen LogP contribution in [-0.2, 0) is 19.6 Å². The third kappa shape index (κ3) is 13.1. The molecule has 0 spiro atoms. The lowest BCUT2D eigenvalue weighted by molar-refractivity contribution is -0.140. The van der Waals surface area contributed by atoms with E-state index < -0.39 is 52.4 Å². The first-order chi connectivity index (χ1) is 20.0. The van der Waals surface area contributed by atoms with E-state index in [1.807, 2.05) is 13.8 Å². The summed E-state index contributed by atoms with van der Waals surface area (Å²) in [5.41, 5.74) is 12.2. The summed E-state index contributed by atoms with van der Waals surface area (Å²) in [7, 11) is -2.33. The molecule has 2 rings (SSSR count). The lowest BCUT2D eigenvalue weighted by atomic mass is 9.97. The molecular weight excluding hydrogens is 585 g/mol. The first-order valence-corrected chi connectivity index (χ1v) is 15.4. The Hall–Kier alpha value is -3.50. The molecule has 0 bridgehead atoms. The highest BCUT2D eigenvalue weighted by atomic mass is 32.2. The number of aliphatic hydroxyl groups excluding tert-OH is 2. The Morgan fingerprint density at radius 2 is 1.70 bits per heavy atom. The van der Waals surface area contributed by atoms with Crippen LogP contribution in [0.1, 0.15) is 63.1 Å². The fourth-order valence-corrected chi connectivity index (χ4v) is 4.06. The van der Waals surface area contributed by atoms with Gasteiger partial charge in [-0.1, -0.05) is 32.4 Å². The molecule has 0 fully saturated rings. The average molecular weight is 628 g/mol. The van der Waals surface area contributed by atoms with Crippen molar-refractivity contribution in [2.24, 2.45) is 11.5 Å². The number of benzene rings is 1. The topological polar surface area (TPSA) is 230 Å². The van der Waals surface area contributed by atoms with Crippen LogP contribution in [0, 0.1) is 5.82 Å². The zero-order valence-electron chi connectivity index (χ0n) is 24.7. The minimum atomic E-state index is -3.65. The molecule has 43 heavy (non-hydrogen) atoms. The molecule has 1 aromatic heterocycles. The van der Waals surface area contributed by atoms with Crippen molar-refractivity contribution in [3.63, 3.8) is 0 Å². The number of carboxylic acids is 2. The van der Waals surface area contributed by atoms with Gasteiger partial charge in [0.05, 0.1) is 36.3 Å². The van der Waals surface area contributed by atoms with Crippen LogP contribution in [0.2, 0.25) is 0 Å². The standard InChI is InChI=1S/C22H28FN3O6S.C6H14N2O2/c1-13(2)20-18(10-9-16(27)11-17(28)12-19(29)30)21(14-5-7-15(23)8-6-14)25-22(24-20)26(3)33(4,31)32;7-4-2-1-3-5(8)6(9)10/h5-10,13,16-17,27-28H,11-12H2,1-4H3,(H,29,30);5H,1-4,7-8H2,(H,9,10)/b10-9+;/t16-,17-;5-/m10/s1. The normalized spacial score (nSPS) is 13.7. The van der Waals surface area contributed by atoms with Gasteiger partial charge in [0.25, 0.3) is 0 Å².